The third-order valence-electron chi connectivity index (χ3n) is 7.24. The summed E-state index contributed by atoms with van der Waals surface area (Å²) in [5, 5.41) is 60.2. The van der Waals surface area contributed by atoms with Crippen LogP contribution in [-0.4, -0.2) is 147 Å². The summed E-state index contributed by atoms with van der Waals surface area (Å²) < 4.78 is 33.8. The average Bonchev–Trinajstić information content (AvgIpc) is 2.92. The fourth-order valence-electron chi connectivity index (χ4n) is 4.88. The van der Waals surface area contributed by atoms with E-state index in [1.165, 1.54) is 0 Å². The van der Waals surface area contributed by atoms with Crippen LogP contribution in [0.3, 0.4) is 0 Å². The van der Waals surface area contributed by atoms with Gasteiger partial charge in [-0.05, 0) is 48.0 Å². The van der Waals surface area contributed by atoms with Gasteiger partial charge in [0.15, 0.2) is 18.9 Å². The molecule has 256 valence electrons. The minimum absolute atomic E-state index is 0.00362. The topological polar surface area (TPSA) is 281 Å². The molecule has 3 rings (SSSR count). The summed E-state index contributed by atoms with van der Waals surface area (Å²) in [6, 6.07) is -1.70. The van der Waals surface area contributed by atoms with E-state index < -0.39 is 103 Å². The van der Waals surface area contributed by atoms with E-state index in [9.17, 15) is 30.6 Å². The van der Waals surface area contributed by atoms with E-state index in [2.05, 4.69) is 0 Å². The molecule has 3 aliphatic rings. The molecule has 0 spiro atoms. The molecule has 0 radical (unpaired) electrons. The molecule has 0 aromatic heterocycles. The first-order valence-electron chi connectivity index (χ1n) is 14.7. The average molecular weight is 629 g/mol. The van der Waals surface area contributed by atoms with E-state index >= 15 is 0 Å². The Bertz CT molecular complexity index is 827. The zero-order chi connectivity index (χ0) is 33.0. The highest BCUT2D eigenvalue weighted by Gasteiger charge is 2.50. The lowest BCUT2D eigenvalue weighted by Crippen LogP contribution is -2.67. The number of rotatable bonds is 7. The third kappa shape index (κ3) is 10.2. The summed E-state index contributed by atoms with van der Waals surface area (Å²) in [4.78, 5) is 0. The summed E-state index contributed by atoms with van der Waals surface area (Å²) in [6.07, 6.45) is -13.2. The molecule has 16 nitrogen and oxygen atoms in total. The van der Waals surface area contributed by atoms with Crippen LogP contribution >= 0.6 is 0 Å². The van der Waals surface area contributed by atoms with Crippen molar-refractivity contribution < 1.29 is 59.1 Å². The second kappa shape index (κ2) is 15.8. The summed E-state index contributed by atoms with van der Waals surface area (Å²) in [6.45, 7) is 12.9. The van der Waals surface area contributed by atoms with Gasteiger partial charge in [-0.25, -0.2) is 0 Å². The van der Waals surface area contributed by atoms with Crippen LogP contribution in [0.4, 0.5) is 0 Å². The van der Waals surface area contributed by atoms with E-state index in [0.29, 0.717) is 6.42 Å². The van der Waals surface area contributed by atoms with Gasteiger partial charge in [0, 0.05) is 13.1 Å². The zero-order valence-corrected chi connectivity index (χ0v) is 26.2. The van der Waals surface area contributed by atoms with E-state index in [1.54, 1.807) is 6.92 Å². The number of ether oxygens (including phenoxy) is 6. The molecule has 3 saturated heterocycles. The first kappa shape index (κ1) is 38.5. The van der Waals surface area contributed by atoms with E-state index in [-0.39, 0.29) is 13.1 Å². The number of hydrogen-bond acceptors (Lipinski definition) is 16. The molecule has 3 aliphatic heterocycles. The maximum Gasteiger partial charge on any atom is 0.187 e. The fraction of sp³-hybridized carbons (Fsp3) is 1.00. The Morgan fingerprint density at radius 2 is 0.977 bits per heavy atom. The van der Waals surface area contributed by atoms with Crippen LogP contribution < -0.4 is 22.9 Å². The Morgan fingerprint density at radius 3 is 1.42 bits per heavy atom. The molecule has 3 fully saturated rings. The van der Waals surface area contributed by atoms with Crippen molar-refractivity contribution in [3.63, 3.8) is 0 Å². The Morgan fingerprint density at radius 1 is 0.558 bits per heavy atom. The van der Waals surface area contributed by atoms with Crippen molar-refractivity contribution in [2.45, 2.75) is 158 Å². The Hall–Kier alpha value is -0.640. The maximum atomic E-state index is 10.6. The quantitative estimate of drug-likeness (QED) is 0.130. The van der Waals surface area contributed by atoms with Crippen molar-refractivity contribution >= 4 is 0 Å². The lowest BCUT2D eigenvalue weighted by Gasteiger charge is -2.47. The van der Waals surface area contributed by atoms with Crippen LogP contribution in [0.5, 0.6) is 0 Å². The minimum Gasteiger partial charge on any atom is -0.388 e. The minimum atomic E-state index is -1.51. The number of hydrogen-bond donors (Lipinski definition) is 10. The highest BCUT2D eigenvalue weighted by atomic mass is 16.7. The van der Waals surface area contributed by atoms with Crippen molar-refractivity contribution in [1.82, 2.24) is 0 Å². The maximum absolute atomic E-state index is 10.6. The second-order valence-corrected chi connectivity index (χ2v) is 13.2. The second-order valence-electron chi connectivity index (χ2n) is 13.2. The largest absolute Gasteiger partial charge is 0.388 e. The zero-order valence-electron chi connectivity index (χ0n) is 26.2. The van der Waals surface area contributed by atoms with Gasteiger partial charge in [-0.15, -0.1) is 0 Å². The van der Waals surface area contributed by atoms with Gasteiger partial charge in [0.2, 0.25) is 0 Å². The molecular formula is C27H56N4O12. The summed E-state index contributed by atoms with van der Waals surface area (Å²) in [5.41, 5.74) is 22.0. The summed E-state index contributed by atoms with van der Waals surface area (Å²) >= 11 is 0. The molecule has 3 heterocycles. The Kier molecular flexibility index (Phi) is 14.1. The van der Waals surface area contributed by atoms with Gasteiger partial charge in [0.05, 0.1) is 29.4 Å². The number of aliphatic hydroxyl groups excluding tert-OH is 6. The van der Waals surface area contributed by atoms with Gasteiger partial charge in [-0.3, -0.25) is 0 Å². The summed E-state index contributed by atoms with van der Waals surface area (Å²) in [5.74, 6) is 0. The van der Waals surface area contributed by atoms with Gasteiger partial charge >= 0.3 is 0 Å². The van der Waals surface area contributed by atoms with Crippen molar-refractivity contribution in [3.8, 4) is 0 Å². The molecule has 14 N–H and O–H groups in total. The van der Waals surface area contributed by atoms with Gasteiger partial charge in [0.1, 0.15) is 54.9 Å². The predicted molar refractivity (Wildman–Crippen MR) is 153 cm³/mol. The van der Waals surface area contributed by atoms with Crippen LogP contribution in [0.2, 0.25) is 0 Å². The molecule has 0 aliphatic carbocycles. The van der Waals surface area contributed by atoms with E-state index in [4.69, 9.17) is 51.4 Å². The normalized spacial score (nSPS) is 44.4. The van der Waals surface area contributed by atoms with Crippen LogP contribution in [0, 0.1) is 0 Å². The molecule has 43 heavy (non-hydrogen) atoms. The van der Waals surface area contributed by atoms with Crippen LogP contribution in [0.15, 0.2) is 0 Å². The smallest absolute Gasteiger partial charge is 0.187 e. The summed E-state index contributed by atoms with van der Waals surface area (Å²) in [7, 11) is 0. The monoisotopic (exact) mass is 628 g/mol. The number of aliphatic hydroxyl groups is 6. The van der Waals surface area contributed by atoms with Crippen molar-refractivity contribution in [2.75, 3.05) is 13.1 Å². The molecule has 16 heteroatoms. The van der Waals surface area contributed by atoms with Crippen LogP contribution in [0.25, 0.3) is 0 Å². The molecule has 0 aromatic rings. The van der Waals surface area contributed by atoms with Crippen molar-refractivity contribution in [2.24, 2.45) is 22.9 Å². The lowest BCUT2D eigenvalue weighted by atomic mass is 9.95. The Labute approximate surface area is 253 Å². The van der Waals surface area contributed by atoms with Crippen LogP contribution in [-0.2, 0) is 28.4 Å². The first-order chi connectivity index (χ1) is 19.8. The molecule has 15 atom stereocenters. The molecule has 0 saturated carbocycles. The van der Waals surface area contributed by atoms with Gasteiger partial charge in [-0.1, -0.05) is 6.92 Å². The van der Waals surface area contributed by atoms with Gasteiger partial charge in [-0.2, -0.15) is 0 Å². The number of nitrogens with two attached hydrogens (primary N) is 4. The van der Waals surface area contributed by atoms with Crippen molar-refractivity contribution in [3.05, 3.63) is 0 Å². The molecule has 0 aromatic carbocycles. The highest BCUT2D eigenvalue weighted by molar-refractivity contribution is 4.96. The standard InChI is InChI=1S/C17H34N2O8.C10H22N2O4/c1-5-7-10(20)12(22)13(23)16(24-7)26-14-8(6-18)25-15(9(19)11(14)21)27-17(2,3)4;1-10(2,3)16-9-6(12)8(14)7(13)5(4-11)15-9/h7-16,20-23H,5-6,18-19H2,1-4H3;5-9,13-14H,4,11-12H2,1-3H3. The Balaban J connectivity index is 0.000000344. The van der Waals surface area contributed by atoms with Crippen molar-refractivity contribution in [1.29, 1.82) is 0 Å². The third-order valence-corrected chi connectivity index (χ3v) is 7.24. The molecule has 0 amide bonds. The first-order valence-corrected chi connectivity index (χ1v) is 14.7. The fourth-order valence-corrected chi connectivity index (χ4v) is 4.88. The molecular weight excluding hydrogens is 572 g/mol. The van der Waals surface area contributed by atoms with E-state index in [1.807, 2.05) is 41.5 Å². The van der Waals surface area contributed by atoms with Gasteiger partial charge in [0.25, 0.3) is 0 Å². The van der Waals surface area contributed by atoms with Gasteiger partial charge < -0.3 is 82.0 Å². The van der Waals surface area contributed by atoms with Crippen LogP contribution in [0.1, 0.15) is 54.9 Å². The molecule has 15 unspecified atom stereocenters. The van der Waals surface area contributed by atoms with E-state index in [0.717, 1.165) is 0 Å². The SMILES string of the molecule is CC(C)(C)OC1OC(CN)C(O)C(O)C1N.CCC1OC(OC2C(CN)OC(OC(C)(C)C)C(N)C2O)C(O)C(O)C1O. The lowest BCUT2D eigenvalue weighted by molar-refractivity contribution is -0.347. The highest BCUT2D eigenvalue weighted by Crippen LogP contribution is 2.31. The predicted octanol–water partition coefficient (Wildman–Crippen LogP) is -3.69. The molecule has 0 bridgehead atoms.